The zero-order chi connectivity index (χ0) is 19.8. The van der Waals surface area contributed by atoms with E-state index in [1.165, 1.54) is 11.3 Å². The Balaban J connectivity index is 1.26. The lowest BCUT2D eigenvalue weighted by Crippen LogP contribution is -2.44. The van der Waals surface area contributed by atoms with Crippen LogP contribution in [0.3, 0.4) is 0 Å². The van der Waals surface area contributed by atoms with Crippen LogP contribution in [0, 0.1) is 5.92 Å². The highest BCUT2D eigenvalue weighted by Gasteiger charge is 2.37. The van der Waals surface area contributed by atoms with E-state index in [2.05, 4.69) is 4.98 Å². The first kappa shape index (κ1) is 18.4. The summed E-state index contributed by atoms with van der Waals surface area (Å²) in [5.74, 6) is 1.19. The second-order valence-corrected chi connectivity index (χ2v) is 8.82. The molecule has 3 aromatic rings. The second kappa shape index (κ2) is 7.63. The quantitative estimate of drug-likeness (QED) is 0.716. The third kappa shape index (κ3) is 3.44. The van der Waals surface area contributed by atoms with E-state index >= 15 is 0 Å². The smallest absolute Gasteiger partial charge is 0.263 e. The Bertz CT molecular complexity index is 988. The molecule has 2 amide bonds. The Morgan fingerprint density at radius 1 is 1.03 bits per heavy atom. The van der Waals surface area contributed by atoms with Gasteiger partial charge in [-0.15, -0.1) is 11.3 Å². The topological polar surface area (TPSA) is 69.3 Å². The number of nitrogens with zero attached hydrogens (tertiary/aromatic N) is 3. The van der Waals surface area contributed by atoms with Crippen LogP contribution in [-0.4, -0.2) is 51.2 Å². The Hall–Kier alpha value is -2.67. The molecule has 2 saturated heterocycles. The van der Waals surface area contributed by atoms with Crippen molar-refractivity contribution in [3.8, 4) is 0 Å². The van der Waals surface area contributed by atoms with Crippen molar-refractivity contribution in [3.05, 3.63) is 52.5 Å². The number of thiophene rings is 1. The van der Waals surface area contributed by atoms with Crippen LogP contribution in [0.25, 0.3) is 11.0 Å². The van der Waals surface area contributed by atoms with E-state index in [0.717, 1.165) is 54.0 Å². The van der Waals surface area contributed by atoms with E-state index in [1.807, 2.05) is 51.6 Å². The number of piperidine rings is 1. The average Bonchev–Trinajstić information content (AvgIpc) is 3.52. The van der Waals surface area contributed by atoms with Gasteiger partial charge in [-0.05, 0) is 49.3 Å². The SMILES string of the molecule is O=C(c1cccs1)N1CCC(C(=O)N2CCC[C@@H]2c2nc3ccccc3[nH]2)CC1. The molecule has 1 atom stereocenters. The van der Waals surface area contributed by atoms with E-state index in [4.69, 9.17) is 4.98 Å². The van der Waals surface area contributed by atoms with Crippen molar-refractivity contribution in [2.45, 2.75) is 31.7 Å². The number of amides is 2. The lowest BCUT2D eigenvalue weighted by atomic mass is 9.94. The molecular weight excluding hydrogens is 384 g/mol. The van der Waals surface area contributed by atoms with Gasteiger partial charge in [-0.2, -0.15) is 0 Å². The van der Waals surface area contributed by atoms with Crippen molar-refractivity contribution < 1.29 is 9.59 Å². The van der Waals surface area contributed by atoms with Gasteiger partial charge in [0.15, 0.2) is 0 Å². The molecule has 0 bridgehead atoms. The van der Waals surface area contributed by atoms with E-state index in [1.54, 1.807) is 0 Å². The second-order valence-electron chi connectivity index (χ2n) is 7.87. The van der Waals surface area contributed by atoms with Gasteiger partial charge >= 0.3 is 0 Å². The molecule has 1 N–H and O–H groups in total. The van der Waals surface area contributed by atoms with Gasteiger partial charge in [-0.25, -0.2) is 4.98 Å². The molecule has 2 aliphatic rings. The normalized spacial score (nSPS) is 20.5. The Morgan fingerprint density at radius 3 is 2.62 bits per heavy atom. The van der Waals surface area contributed by atoms with Gasteiger partial charge in [0.25, 0.3) is 5.91 Å². The summed E-state index contributed by atoms with van der Waals surface area (Å²) in [5.41, 5.74) is 1.96. The van der Waals surface area contributed by atoms with Crippen LogP contribution < -0.4 is 0 Å². The fourth-order valence-corrected chi connectivity index (χ4v) is 5.26. The number of imidazole rings is 1. The highest BCUT2D eigenvalue weighted by atomic mass is 32.1. The lowest BCUT2D eigenvalue weighted by Gasteiger charge is -2.34. The molecule has 7 heteroatoms. The Morgan fingerprint density at radius 2 is 1.86 bits per heavy atom. The third-order valence-corrected chi connectivity index (χ3v) is 6.98. The van der Waals surface area contributed by atoms with Gasteiger partial charge < -0.3 is 14.8 Å². The molecule has 0 spiro atoms. The van der Waals surface area contributed by atoms with Gasteiger partial charge in [0.2, 0.25) is 5.91 Å². The molecular formula is C22H24N4O2S. The molecule has 0 aliphatic carbocycles. The molecule has 2 aliphatic heterocycles. The minimum Gasteiger partial charge on any atom is -0.340 e. The summed E-state index contributed by atoms with van der Waals surface area (Å²) in [6.07, 6.45) is 3.42. The summed E-state index contributed by atoms with van der Waals surface area (Å²) < 4.78 is 0. The highest BCUT2D eigenvalue weighted by Crippen LogP contribution is 2.34. The van der Waals surface area contributed by atoms with Crippen LogP contribution in [0.2, 0.25) is 0 Å². The summed E-state index contributed by atoms with van der Waals surface area (Å²) in [4.78, 5) is 38.6. The van der Waals surface area contributed by atoms with Crippen LogP contribution in [-0.2, 0) is 4.79 Å². The molecule has 0 radical (unpaired) electrons. The van der Waals surface area contributed by atoms with Crippen molar-refractivity contribution in [2.24, 2.45) is 5.92 Å². The zero-order valence-corrected chi connectivity index (χ0v) is 17.0. The molecule has 0 saturated carbocycles. The number of H-pyrrole nitrogens is 1. The number of hydrogen-bond donors (Lipinski definition) is 1. The minimum absolute atomic E-state index is 0.00707. The fraction of sp³-hybridized carbons (Fsp3) is 0.409. The fourth-order valence-electron chi connectivity index (χ4n) is 4.57. The number of para-hydroxylation sites is 2. The van der Waals surface area contributed by atoms with Gasteiger partial charge in [-0.1, -0.05) is 18.2 Å². The van der Waals surface area contributed by atoms with Gasteiger partial charge in [0.1, 0.15) is 5.82 Å². The minimum atomic E-state index is -0.00707. The van der Waals surface area contributed by atoms with Crippen LogP contribution in [0.5, 0.6) is 0 Å². The van der Waals surface area contributed by atoms with Crippen molar-refractivity contribution in [1.82, 2.24) is 19.8 Å². The summed E-state index contributed by atoms with van der Waals surface area (Å²) >= 11 is 1.47. The molecule has 2 fully saturated rings. The largest absolute Gasteiger partial charge is 0.340 e. The lowest BCUT2D eigenvalue weighted by molar-refractivity contribution is -0.138. The number of hydrogen-bond acceptors (Lipinski definition) is 4. The van der Waals surface area contributed by atoms with Crippen LogP contribution in [0.1, 0.15) is 47.2 Å². The first-order valence-corrected chi connectivity index (χ1v) is 11.2. The summed E-state index contributed by atoms with van der Waals surface area (Å²) in [7, 11) is 0. The maximum atomic E-state index is 13.3. The molecule has 29 heavy (non-hydrogen) atoms. The number of nitrogens with one attached hydrogen (secondary N) is 1. The van der Waals surface area contributed by atoms with E-state index in [-0.39, 0.29) is 23.8 Å². The Kier molecular flexibility index (Phi) is 4.83. The van der Waals surface area contributed by atoms with Crippen LogP contribution >= 0.6 is 11.3 Å². The van der Waals surface area contributed by atoms with Gasteiger partial charge in [-0.3, -0.25) is 9.59 Å². The maximum absolute atomic E-state index is 13.3. The molecule has 0 unspecified atom stereocenters. The van der Waals surface area contributed by atoms with Crippen molar-refractivity contribution in [1.29, 1.82) is 0 Å². The van der Waals surface area contributed by atoms with Crippen LogP contribution in [0.15, 0.2) is 41.8 Å². The summed E-state index contributed by atoms with van der Waals surface area (Å²) in [6.45, 7) is 2.08. The van der Waals surface area contributed by atoms with E-state index in [9.17, 15) is 9.59 Å². The number of rotatable bonds is 3. The van der Waals surface area contributed by atoms with E-state index in [0.29, 0.717) is 13.1 Å². The number of carbonyl (C=O) groups excluding carboxylic acids is 2. The number of aromatic amines is 1. The van der Waals surface area contributed by atoms with Crippen molar-refractivity contribution in [3.63, 3.8) is 0 Å². The van der Waals surface area contributed by atoms with Crippen molar-refractivity contribution in [2.75, 3.05) is 19.6 Å². The number of benzene rings is 1. The standard InChI is InChI=1S/C22H24N4O2S/c27-21(15-9-12-25(13-10-15)22(28)19-8-4-14-29-19)26-11-3-7-18(26)20-23-16-5-1-2-6-17(16)24-20/h1-2,4-6,8,14-15,18H,3,7,9-13H2,(H,23,24)/t18-/m1/s1. The number of aromatic nitrogens is 2. The number of carbonyl (C=O) groups is 2. The molecule has 6 nitrogen and oxygen atoms in total. The number of fused-ring (bicyclic) bond motifs is 1. The summed E-state index contributed by atoms with van der Waals surface area (Å²) in [6, 6.07) is 11.8. The Labute approximate surface area is 173 Å². The molecule has 150 valence electrons. The first-order valence-electron chi connectivity index (χ1n) is 10.3. The molecule has 2 aromatic heterocycles. The number of likely N-dealkylation sites (tertiary alicyclic amines) is 2. The molecule has 1 aromatic carbocycles. The summed E-state index contributed by atoms with van der Waals surface area (Å²) in [5, 5.41) is 1.93. The average molecular weight is 409 g/mol. The highest BCUT2D eigenvalue weighted by molar-refractivity contribution is 7.12. The zero-order valence-electron chi connectivity index (χ0n) is 16.2. The predicted molar refractivity (Wildman–Crippen MR) is 113 cm³/mol. The van der Waals surface area contributed by atoms with Crippen LogP contribution in [0.4, 0.5) is 0 Å². The van der Waals surface area contributed by atoms with E-state index < -0.39 is 0 Å². The predicted octanol–water partition coefficient (Wildman–Crippen LogP) is 3.84. The van der Waals surface area contributed by atoms with Crippen molar-refractivity contribution >= 4 is 34.2 Å². The molecule has 5 rings (SSSR count). The van der Waals surface area contributed by atoms with Gasteiger partial charge in [0.05, 0.1) is 22.0 Å². The third-order valence-electron chi connectivity index (χ3n) is 6.12. The van der Waals surface area contributed by atoms with Gasteiger partial charge in [0, 0.05) is 25.6 Å². The monoisotopic (exact) mass is 408 g/mol. The maximum Gasteiger partial charge on any atom is 0.263 e. The first-order chi connectivity index (χ1) is 14.2. The molecule has 4 heterocycles.